The SMILES string of the molecule is Cc1ccc2c(c1BO)C=CCN2. The normalized spacial score (nSPS) is 13.4. The van der Waals surface area contributed by atoms with Crippen LogP contribution in [0.5, 0.6) is 0 Å². The Labute approximate surface area is 78.6 Å². The first kappa shape index (κ1) is 8.39. The first-order chi connectivity index (χ1) is 6.33. The summed E-state index contributed by atoms with van der Waals surface area (Å²) in [5.41, 5.74) is 4.43. The van der Waals surface area contributed by atoms with Crippen LogP contribution in [-0.4, -0.2) is 19.1 Å². The second-order valence-electron chi connectivity index (χ2n) is 3.26. The minimum Gasteiger partial charge on any atom is -0.449 e. The molecule has 0 radical (unpaired) electrons. The van der Waals surface area contributed by atoms with Gasteiger partial charge >= 0.3 is 7.48 Å². The summed E-state index contributed by atoms with van der Waals surface area (Å²) in [6, 6.07) is 4.10. The first-order valence-electron chi connectivity index (χ1n) is 4.46. The Bertz CT molecular complexity index is 360. The Morgan fingerprint density at radius 2 is 2.31 bits per heavy atom. The summed E-state index contributed by atoms with van der Waals surface area (Å²) in [4.78, 5) is 0. The van der Waals surface area contributed by atoms with E-state index in [2.05, 4.69) is 23.5 Å². The molecule has 0 aliphatic carbocycles. The van der Waals surface area contributed by atoms with Gasteiger partial charge in [-0.1, -0.05) is 23.8 Å². The van der Waals surface area contributed by atoms with Crippen LogP contribution in [0.25, 0.3) is 6.08 Å². The molecule has 2 rings (SSSR count). The molecule has 1 aromatic carbocycles. The summed E-state index contributed by atoms with van der Waals surface area (Å²) in [5.74, 6) is 0. The Balaban J connectivity index is 2.61. The smallest absolute Gasteiger partial charge is 0.305 e. The fraction of sp³-hybridized carbons (Fsp3) is 0.200. The highest BCUT2D eigenvalue weighted by Crippen LogP contribution is 2.19. The van der Waals surface area contributed by atoms with Crippen LogP contribution in [0.1, 0.15) is 11.1 Å². The number of aryl methyl sites for hydroxylation is 1. The summed E-state index contributed by atoms with van der Waals surface area (Å²) in [5, 5.41) is 12.5. The Morgan fingerprint density at radius 3 is 3.08 bits per heavy atom. The second-order valence-corrected chi connectivity index (χ2v) is 3.26. The van der Waals surface area contributed by atoms with E-state index in [1.54, 1.807) is 0 Å². The van der Waals surface area contributed by atoms with Gasteiger partial charge in [0.05, 0.1) is 0 Å². The average molecular weight is 173 g/mol. The van der Waals surface area contributed by atoms with Crippen LogP contribution in [-0.2, 0) is 0 Å². The van der Waals surface area contributed by atoms with Crippen LogP contribution in [0.4, 0.5) is 5.69 Å². The zero-order chi connectivity index (χ0) is 9.26. The number of hydrogen-bond donors (Lipinski definition) is 2. The van der Waals surface area contributed by atoms with E-state index >= 15 is 0 Å². The molecule has 0 spiro atoms. The maximum absolute atomic E-state index is 9.21. The monoisotopic (exact) mass is 173 g/mol. The van der Waals surface area contributed by atoms with Crippen LogP contribution in [0.2, 0.25) is 0 Å². The van der Waals surface area contributed by atoms with Gasteiger partial charge < -0.3 is 10.3 Å². The predicted molar refractivity (Wildman–Crippen MR) is 57.7 cm³/mol. The van der Waals surface area contributed by atoms with E-state index < -0.39 is 0 Å². The van der Waals surface area contributed by atoms with E-state index in [9.17, 15) is 5.02 Å². The van der Waals surface area contributed by atoms with E-state index in [0.717, 1.165) is 28.8 Å². The summed E-state index contributed by atoms with van der Waals surface area (Å²) >= 11 is 0. The number of nitrogens with one attached hydrogen (secondary N) is 1. The highest BCUT2D eigenvalue weighted by atomic mass is 16.2. The third kappa shape index (κ3) is 1.35. The fourth-order valence-corrected chi connectivity index (χ4v) is 1.67. The number of benzene rings is 1. The maximum Gasteiger partial charge on any atom is 0.305 e. The lowest BCUT2D eigenvalue weighted by Crippen LogP contribution is -2.23. The molecular formula is C10H12BNO. The summed E-state index contributed by atoms with van der Waals surface area (Å²) in [7, 11) is 0.112. The number of fused-ring (bicyclic) bond motifs is 1. The number of anilines is 1. The van der Waals surface area contributed by atoms with Gasteiger partial charge in [-0.2, -0.15) is 0 Å². The lowest BCUT2D eigenvalue weighted by molar-refractivity contribution is 0.615. The number of hydrogen-bond acceptors (Lipinski definition) is 2. The van der Waals surface area contributed by atoms with Crippen molar-refractivity contribution in [1.82, 2.24) is 0 Å². The van der Waals surface area contributed by atoms with E-state index in [1.165, 1.54) is 0 Å². The van der Waals surface area contributed by atoms with Crippen LogP contribution in [0.15, 0.2) is 18.2 Å². The van der Waals surface area contributed by atoms with Crippen molar-refractivity contribution in [3.05, 3.63) is 29.3 Å². The number of rotatable bonds is 1. The highest BCUT2D eigenvalue weighted by Gasteiger charge is 2.10. The van der Waals surface area contributed by atoms with Gasteiger partial charge in [0.1, 0.15) is 0 Å². The fourth-order valence-electron chi connectivity index (χ4n) is 1.67. The summed E-state index contributed by atoms with van der Waals surface area (Å²) in [6.45, 7) is 2.90. The molecule has 0 unspecified atom stereocenters. The van der Waals surface area contributed by atoms with Crippen molar-refractivity contribution in [3.8, 4) is 0 Å². The minimum atomic E-state index is 0.112. The largest absolute Gasteiger partial charge is 0.449 e. The molecule has 0 fully saturated rings. The molecule has 13 heavy (non-hydrogen) atoms. The zero-order valence-electron chi connectivity index (χ0n) is 7.67. The lowest BCUT2D eigenvalue weighted by Gasteiger charge is -2.17. The maximum atomic E-state index is 9.21. The van der Waals surface area contributed by atoms with Gasteiger partial charge in [0.2, 0.25) is 0 Å². The Hall–Kier alpha value is -1.22. The molecule has 1 aromatic rings. The molecular weight excluding hydrogens is 161 g/mol. The van der Waals surface area contributed by atoms with Crippen LogP contribution < -0.4 is 10.8 Å². The molecule has 3 heteroatoms. The third-order valence-corrected chi connectivity index (χ3v) is 2.44. The molecule has 0 saturated heterocycles. The van der Waals surface area contributed by atoms with Crippen molar-refractivity contribution in [1.29, 1.82) is 0 Å². The van der Waals surface area contributed by atoms with Gasteiger partial charge in [-0.05, 0) is 24.0 Å². The highest BCUT2D eigenvalue weighted by molar-refractivity contribution is 6.48. The average Bonchev–Trinajstić information content (AvgIpc) is 2.18. The topological polar surface area (TPSA) is 32.3 Å². The van der Waals surface area contributed by atoms with Crippen molar-refractivity contribution in [2.75, 3.05) is 11.9 Å². The van der Waals surface area contributed by atoms with Gasteiger partial charge in [-0.15, -0.1) is 0 Å². The van der Waals surface area contributed by atoms with Gasteiger partial charge in [-0.25, -0.2) is 0 Å². The molecule has 2 N–H and O–H groups in total. The molecule has 1 aliphatic heterocycles. The summed E-state index contributed by atoms with van der Waals surface area (Å²) in [6.07, 6.45) is 4.14. The second kappa shape index (κ2) is 3.26. The molecule has 1 aliphatic rings. The zero-order valence-corrected chi connectivity index (χ0v) is 7.67. The van der Waals surface area contributed by atoms with E-state index in [1.807, 2.05) is 13.0 Å². The van der Waals surface area contributed by atoms with Crippen molar-refractivity contribution in [2.45, 2.75) is 6.92 Å². The van der Waals surface area contributed by atoms with Gasteiger partial charge in [0.25, 0.3) is 0 Å². The Morgan fingerprint density at radius 1 is 1.46 bits per heavy atom. The van der Waals surface area contributed by atoms with Crippen molar-refractivity contribution in [2.24, 2.45) is 0 Å². The summed E-state index contributed by atoms with van der Waals surface area (Å²) < 4.78 is 0. The van der Waals surface area contributed by atoms with Crippen LogP contribution >= 0.6 is 0 Å². The van der Waals surface area contributed by atoms with Crippen molar-refractivity contribution >= 4 is 24.7 Å². The van der Waals surface area contributed by atoms with Crippen molar-refractivity contribution in [3.63, 3.8) is 0 Å². The molecule has 0 aromatic heterocycles. The van der Waals surface area contributed by atoms with E-state index in [0.29, 0.717) is 0 Å². The first-order valence-corrected chi connectivity index (χ1v) is 4.46. The Kier molecular flexibility index (Phi) is 2.11. The predicted octanol–water partition coefficient (Wildman–Crippen LogP) is 0.403. The van der Waals surface area contributed by atoms with E-state index in [-0.39, 0.29) is 7.48 Å². The quantitative estimate of drug-likeness (QED) is 0.602. The molecule has 0 amide bonds. The third-order valence-electron chi connectivity index (χ3n) is 2.44. The molecule has 0 atom stereocenters. The molecule has 0 saturated carbocycles. The standard InChI is InChI=1S/C10H12BNO/c1-7-4-5-9-8(10(7)11-13)3-2-6-12-9/h2-5,11-13H,6H2,1H3. The van der Waals surface area contributed by atoms with E-state index in [4.69, 9.17) is 0 Å². The molecule has 2 nitrogen and oxygen atoms in total. The van der Waals surface area contributed by atoms with Gasteiger partial charge in [0, 0.05) is 12.2 Å². The minimum absolute atomic E-state index is 0.112. The van der Waals surface area contributed by atoms with Crippen molar-refractivity contribution < 1.29 is 5.02 Å². The van der Waals surface area contributed by atoms with Gasteiger partial charge in [0.15, 0.2) is 0 Å². The van der Waals surface area contributed by atoms with Crippen LogP contribution in [0.3, 0.4) is 0 Å². The molecule has 66 valence electrons. The van der Waals surface area contributed by atoms with Gasteiger partial charge in [-0.3, -0.25) is 0 Å². The molecule has 0 bridgehead atoms. The molecule has 1 heterocycles. The van der Waals surface area contributed by atoms with Crippen LogP contribution in [0, 0.1) is 6.92 Å². The lowest BCUT2D eigenvalue weighted by atomic mass is 9.79.